The lowest BCUT2D eigenvalue weighted by Crippen LogP contribution is -2.40. The molecule has 2 fully saturated rings. The summed E-state index contributed by atoms with van der Waals surface area (Å²) in [5, 5.41) is 3.40. The van der Waals surface area contributed by atoms with Crippen molar-refractivity contribution in [2.45, 2.75) is 33.2 Å². The van der Waals surface area contributed by atoms with Gasteiger partial charge < -0.3 is 5.32 Å². The van der Waals surface area contributed by atoms with Crippen LogP contribution in [0.4, 0.5) is 0 Å². The predicted molar refractivity (Wildman–Crippen MR) is 80.7 cm³/mol. The number of carbonyl (C=O) groups is 2. The predicted octanol–water partition coefficient (Wildman–Crippen LogP) is 1.96. The lowest BCUT2D eigenvalue weighted by atomic mass is 10.0. The fourth-order valence-corrected chi connectivity index (χ4v) is 3.36. The lowest BCUT2D eigenvalue weighted by Gasteiger charge is -2.25. The molecule has 1 aromatic carbocycles. The van der Waals surface area contributed by atoms with Crippen LogP contribution in [0.5, 0.6) is 0 Å². The van der Waals surface area contributed by atoms with Crippen LogP contribution in [0.25, 0.3) is 0 Å². The zero-order valence-electron chi connectivity index (χ0n) is 12.8. The third-order valence-corrected chi connectivity index (χ3v) is 4.42. The average Bonchev–Trinajstić information content (AvgIpc) is 3.17. The molecule has 1 aliphatic carbocycles. The minimum Gasteiger partial charge on any atom is -0.309 e. The van der Waals surface area contributed by atoms with E-state index in [9.17, 15) is 9.59 Å². The molecule has 2 aliphatic rings. The summed E-state index contributed by atoms with van der Waals surface area (Å²) in [7, 11) is 0. The normalized spacial score (nSPS) is 25.2. The number of hydrogen-bond acceptors (Lipinski definition) is 3. The summed E-state index contributed by atoms with van der Waals surface area (Å²) in [6.45, 7) is 7.44. The Morgan fingerprint density at radius 1 is 1.14 bits per heavy atom. The summed E-state index contributed by atoms with van der Waals surface area (Å²) in [6.07, 6.45) is 0.767. The van der Waals surface area contributed by atoms with Crippen molar-refractivity contribution in [1.82, 2.24) is 10.2 Å². The van der Waals surface area contributed by atoms with Gasteiger partial charge in [0, 0.05) is 6.54 Å². The van der Waals surface area contributed by atoms with E-state index >= 15 is 0 Å². The van der Waals surface area contributed by atoms with Crippen LogP contribution in [-0.4, -0.2) is 29.8 Å². The van der Waals surface area contributed by atoms with Crippen LogP contribution in [0, 0.1) is 25.7 Å². The summed E-state index contributed by atoms with van der Waals surface area (Å²) in [5.74, 6) is 0.0209. The number of nitrogens with zero attached hydrogens (tertiary/aromatic N) is 1. The second-order valence-corrected chi connectivity index (χ2v) is 6.27. The van der Waals surface area contributed by atoms with Gasteiger partial charge in [-0.15, -0.1) is 0 Å². The number of carbonyl (C=O) groups excluding carboxylic acids is 2. The monoisotopic (exact) mass is 286 g/mol. The SMILES string of the molecule is CCNC(CN1C(=O)C2CC2C1=O)c1cc(C)cc(C)c1. The van der Waals surface area contributed by atoms with Gasteiger partial charge >= 0.3 is 0 Å². The first kappa shape index (κ1) is 14.3. The van der Waals surface area contributed by atoms with Gasteiger partial charge in [-0.05, 0) is 32.4 Å². The van der Waals surface area contributed by atoms with E-state index in [2.05, 4.69) is 37.4 Å². The molecule has 4 nitrogen and oxygen atoms in total. The molecule has 3 rings (SSSR count). The average molecular weight is 286 g/mol. The van der Waals surface area contributed by atoms with E-state index < -0.39 is 0 Å². The molecule has 3 unspecified atom stereocenters. The van der Waals surface area contributed by atoms with Crippen molar-refractivity contribution in [2.24, 2.45) is 11.8 Å². The number of nitrogens with one attached hydrogen (secondary N) is 1. The van der Waals surface area contributed by atoms with Crippen molar-refractivity contribution in [1.29, 1.82) is 0 Å². The largest absolute Gasteiger partial charge is 0.309 e. The number of piperidine rings is 1. The summed E-state index contributed by atoms with van der Waals surface area (Å²) < 4.78 is 0. The number of likely N-dealkylation sites (N-methyl/N-ethyl adjacent to an activating group) is 1. The van der Waals surface area contributed by atoms with E-state index in [-0.39, 0.29) is 29.7 Å². The number of aryl methyl sites for hydroxylation is 2. The van der Waals surface area contributed by atoms with Gasteiger partial charge in [0.05, 0.1) is 17.9 Å². The molecule has 0 aromatic heterocycles. The zero-order valence-corrected chi connectivity index (χ0v) is 12.8. The third kappa shape index (κ3) is 2.60. The maximum absolute atomic E-state index is 12.1. The number of likely N-dealkylation sites (tertiary alicyclic amines) is 1. The van der Waals surface area contributed by atoms with Crippen LogP contribution in [0.2, 0.25) is 0 Å². The maximum atomic E-state index is 12.1. The molecule has 21 heavy (non-hydrogen) atoms. The molecular weight excluding hydrogens is 264 g/mol. The number of benzene rings is 1. The molecule has 3 atom stereocenters. The van der Waals surface area contributed by atoms with Crippen LogP contribution >= 0.6 is 0 Å². The number of fused-ring (bicyclic) bond motifs is 1. The van der Waals surface area contributed by atoms with Gasteiger partial charge in [-0.3, -0.25) is 14.5 Å². The first-order valence-electron chi connectivity index (χ1n) is 7.68. The van der Waals surface area contributed by atoms with Gasteiger partial charge in [-0.2, -0.15) is 0 Å². The molecule has 1 saturated heterocycles. The van der Waals surface area contributed by atoms with Crippen LogP contribution < -0.4 is 5.32 Å². The molecule has 0 radical (unpaired) electrons. The van der Waals surface area contributed by atoms with E-state index in [4.69, 9.17) is 0 Å². The first-order chi connectivity index (χ1) is 10.0. The Morgan fingerprint density at radius 2 is 1.71 bits per heavy atom. The third-order valence-electron chi connectivity index (χ3n) is 4.42. The summed E-state index contributed by atoms with van der Waals surface area (Å²) in [4.78, 5) is 25.7. The van der Waals surface area contributed by atoms with Gasteiger partial charge in [0.25, 0.3) is 0 Å². The van der Waals surface area contributed by atoms with Crippen molar-refractivity contribution in [3.05, 3.63) is 34.9 Å². The number of amides is 2. The Hall–Kier alpha value is -1.68. The molecule has 0 spiro atoms. The molecule has 112 valence electrons. The van der Waals surface area contributed by atoms with Crippen LogP contribution in [0.15, 0.2) is 18.2 Å². The van der Waals surface area contributed by atoms with Gasteiger partial charge in [0.2, 0.25) is 11.8 Å². The Morgan fingerprint density at radius 3 is 2.24 bits per heavy atom. The van der Waals surface area contributed by atoms with Crippen molar-refractivity contribution in [2.75, 3.05) is 13.1 Å². The Bertz CT molecular complexity index is 556. The molecule has 2 amide bonds. The molecule has 1 heterocycles. The van der Waals surface area contributed by atoms with Crippen LogP contribution in [-0.2, 0) is 9.59 Å². The van der Waals surface area contributed by atoms with E-state index in [1.807, 2.05) is 6.92 Å². The second-order valence-electron chi connectivity index (χ2n) is 6.27. The highest BCUT2D eigenvalue weighted by molar-refractivity contribution is 6.08. The molecule has 1 saturated carbocycles. The van der Waals surface area contributed by atoms with Gasteiger partial charge in [0.1, 0.15) is 0 Å². The standard InChI is InChI=1S/C17H22N2O2/c1-4-18-15(12-6-10(2)5-11(3)7-12)9-19-16(20)13-8-14(13)17(19)21/h5-7,13-15,18H,4,8-9H2,1-3H3. The second kappa shape index (κ2) is 5.26. The molecule has 0 bridgehead atoms. The summed E-state index contributed by atoms with van der Waals surface area (Å²) >= 11 is 0. The number of hydrogen-bond donors (Lipinski definition) is 1. The zero-order chi connectivity index (χ0) is 15.1. The topological polar surface area (TPSA) is 49.4 Å². The molecule has 1 N–H and O–H groups in total. The Balaban J connectivity index is 1.81. The summed E-state index contributed by atoms with van der Waals surface area (Å²) in [5.41, 5.74) is 3.56. The number of rotatable bonds is 5. The number of imide groups is 1. The highest BCUT2D eigenvalue weighted by Crippen LogP contribution is 2.47. The smallest absolute Gasteiger partial charge is 0.233 e. The van der Waals surface area contributed by atoms with Crippen molar-refractivity contribution in [3.63, 3.8) is 0 Å². The molecule has 4 heteroatoms. The van der Waals surface area contributed by atoms with Crippen LogP contribution in [0.3, 0.4) is 0 Å². The van der Waals surface area contributed by atoms with Gasteiger partial charge in [-0.1, -0.05) is 36.2 Å². The van der Waals surface area contributed by atoms with Crippen molar-refractivity contribution < 1.29 is 9.59 Å². The Kier molecular flexibility index (Phi) is 3.57. The van der Waals surface area contributed by atoms with E-state index in [1.165, 1.54) is 16.0 Å². The van der Waals surface area contributed by atoms with E-state index in [0.717, 1.165) is 18.5 Å². The minimum atomic E-state index is -0.0148. The van der Waals surface area contributed by atoms with Crippen molar-refractivity contribution >= 4 is 11.8 Å². The highest BCUT2D eigenvalue weighted by Gasteiger charge is 2.58. The lowest BCUT2D eigenvalue weighted by molar-refractivity contribution is -0.141. The highest BCUT2D eigenvalue weighted by atomic mass is 16.2. The quantitative estimate of drug-likeness (QED) is 0.842. The molecule has 1 aliphatic heterocycles. The van der Waals surface area contributed by atoms with E-state index in [1.54, 1.807) is 0 Å². The van der Waals surface area contributed by atoms with Crippen LogP contribution in [0.1, 0.15) is 36.1 Å². The fourth-order valence-electron chi connectivity index (χ4n) is 3.36. The van der Waals surface area contributed by atoms with Crippen molar-refractivity contribution in [3.8, 4) is 0 Å². The molecular formula is C17H22N2O2. The Labute approximate surface area is 125 Å². The summed E-state index contributed by atoms with van der Waals surface area (Å²) in [6, 6.07) is 6.41. The van der Waals surface area contributed by atoms with Gasteiger partial charge in [-0.25, -0.2) is 0 Å². The molecule has 1 aromatic rings. The fraction of sp³-hybridized carbons (Fsp3) is 0.529. The maximum Gasteiger partial charge on any atom is 0.233 e. The first-order valence-corrected chi connectivity index (χ1v) is 7.68. The van der Waals surface area contributed by atoms with Gasteiger partial charge in [0.15, 0.2) is 0 Å². The minimum absolute atomic E-state index is 0.0130. The van der Waals surface area contributed by atoms with E-state index in [0.29, 0.717) is 6.54 Å².